The highest BCUT2D eigenvalue weighted by atomic mass is 16.2. The lowest BCUT2D eigenvalue weighted by atomic mass is 9.49. The molecule has 0 aromatic rings. The van der Waals surface area contributed by atoms with Crippen molar-refractivity contribution in [3.8, 4) is 0 Å². The van der Waals surface area contributed by atoms with Gasteiger partial charge in [-0.25, -0.2) is 10.2 Å². The Morgan fingerprint density at radius 3 is 3.00 bits per heavy atom. The van der Waals surface area contributed by atoms with Crippen LogP contribution in [0.15, 0.2) is 16.8 Å². The number of amides is 2. The molecule has 0 heterocycles. The molecular formula is C11H17N3O. The lowest BCUT2D eigenvalue weighted by Gasteiger charge is -2.55. The highest BCUT2D eigenvalue weighted by molar-refractivity contribution is 5.82. The van der Waals surface area contributed by atoms with E-state index in [1.165, 1.54) is 12.0 Å². The Kier molecular flexibility index (Phi) is 2.29. The third kappa shape index (κ3) is 1.64. The van der Waals surface area contributed by atoms with Crippen LogP contribution in [0.1, 0.15) is 26.7 Å². The van der Waals surface area contributed by atoms with Crippen molar-refractivity contribution in [3.63, 3.8) is 0 Å². The Bertz CT molecular complexity index is 344. The summed E-state index contributed by atoms with van der Waals surface area (Å²) in [6, 6.07) is -0.617. The van der Waals surface area contributed by atoms with Gasteiger partial charge in [-0.15, -0.1) is 0 Å². The predicted octanol–water partition coefficient (Wildman–Crippen LogP) is 1.63. The van der Waals surface area contributed by atoms with E-state index in [1.54, 1.807) is 6.21 Å². The van der Waals surface area contributed by atoms with E-state index in [4.69, 9.17) is 5.73 Å². The average molecular weight is 207 g/mol. The zero-order valence-corrected chi connectivity index (χ0v) is 9.16. The number of primary amides is 1. The van der Waals surface area contributed by atoms with E-state index in [-0.39, 0.29) is 0 Å². The molecule has 0 aromatic heterocycles. The van der Waals surface area contributed by atoms with E-state index in [0.29, 0.717) is 11.3 Å². The molecule has 82 valence electrons. The van der Waals surface area contributed by atoms with E-state index >= 15 is 0 Å². The number of rotatable bonds is 2. The summed E-state index contributed by atoms with van der Waals surface area (Å²) in [7, 11) is 0. The third-order valence-electron chi connectivity index (χ3n) is 3.90. The molecule has 0 spiro atoms. The second kappa shape index (κ2) is 3.36. The van der Waals surface area contributed by atoms with Gasteiger partial charge in [0, 0.05) is 0 Å². The fraction of sp³-hybridized carbons (Fsp3) is 0.636. The molecule has 2 atom stereocenters. The SMILES string of the molecule is CC1(C)[C@H]2CC=C(C=NNC(N)=O)[C@H]1C2. The summed E-state index contributed by atoms with van der Waals surface area (Å²) >= 11 is 0. The molecule has 3 aliphatic carbocycles. The normalized spacial score (nSPS) is 32.0. The Morgan fingerprint density at radius 1 is 1.73 bits per heavy atom. The number of allylic oxidation sites excluding steroid dienone is 2. The largest absolute Gasteiger partial charge is 0.350 e. The molecule has 2 bridgehead atoms. The van der Waals surface area contributed by atoms with E-state index in [9.17, 15) is 4.79 Å². The maximum atomic E-state index is 10.4. The van der Waals surface area contributed by atoms with Gasteiger partial charge in [0.25, 0.3) is 0 Å². The molecule has 0 radical (unpaired) electrons. The van der Waals surface area contributed by atoms with Crippen LogP contribution in [0.4, 0.5) is 4.79 Å². The Labute approximate surface area is 89.6 Å². The molecule has 3 aliphatic rings. The molecule has 0 saturated heterocycles. The first kappa shape index (κ1) is 10.2. The van der Waals surface area contributed by atoms with Crippen LogP contribution in [0.5, 0.6) is 0 Å². The van der Waals surface area contributed by atoms with Crippen LogP contribution in [0.3, 0.4) is 0 Å². The summed E-state index contributed by atoms with van der Waals surface area (Å²) in [5.74, 6) is 1.42. The first-order chi connectivity index (χ1) is 7.01. The number of nitrogens with one attached hydrogen (secondary N) is 1. The van der Waals surface area contributed by atoms with Gasteiger partial charge in [0.1, 0.15) is 0 Å². The summed E-state index contributed by atoms with van der Waals surface area (Å²) in [6.07, 6.45) is 6.33. The minimum atomic E-state index is -0.617. The van der Waals surface area contributed by atoms with Gasteiger partial charge < -0.3 is 5.73 Å². The maximum Gasteiger partial charge on any atom is 0.332 e. The van der Waals surface area contributed by atoms with Gasteiger partial charge in [0.05, 0.1) is 6.21 Å². The lowest BCUT2D eigenvalue weighted by molar-refractivity contribution is -0.00126. The number of nitrogens with two attached hydrogens (primary N) is 1. The molecule has 1 fully saturated rings. The van der Waals surface area contributed by atoms with Crippen molar-refractivity contribution in [2.75, 3.05) is 0 Å². The van der Waals surface area contributed by atoms with E-state index in [2.05, 4.69) is 30.5 Å². The fourth-order valence-electron chi connectivity index (χ4n) is 2.72. The molecule has 4 heteroatoms. The van der Waals surface area contributed by atoms with Crippen molar-refractivity contribution in [2.24, 2.45) is 28.1 Å². The molecule has 4 nitrogen and oxygen atoms in total. The number of urea groups is 1. The minimum absolute atomic E-state index is 0.392. The summed E-state index contributed by atoms with van der Waals surface area (Å²) in [6.45, 7) is 4.60. The van der Waals surface area contributed by atoms with Crippen LogP contribution in [0.25, 0.3) is 0 Å². The number of carbonyl (C=O) groups is 1. The fourth-order valence-corrected chi connectivity index (χ4v) is 2.72. The van der Waals surface area contributed by atoms with Crippen LogP contribution in [-0.4, -0.2) is 12.2 Å². The van der Waals surface area contributed by atoms with Crippen molar-refractivity contribution >= 4 is 12.2 Å². The zero-order chi connectivity index (χ0) is 11.1. The molecule has 1 saturated carbocycles. The van der Waals surface area contributed by atoms with Crippen molar-refractivity contribution in [1.82, 2.24) is 5.43 Å². The van der Waals surface area contributed by atoms with Crippen LogP contribution >= 0.6 is 0 Å². The number of fused-ring (bicyclic) bond motifs is 1. The number of hydrogen-bond acceptors (Lipinski definition) is 2. The molecule has 3 N–H and O–H groups in total. The first-order valence-corrected chi connectivity index (χ1v) is 5.30. The second-order valence-electron chi connectivity index (χ2n) is 4.98. The number of hydrazone groups is 1. The Morgan fingerprint density at radius 2 is 2.47 bits per heavy atom. The summed E-state index contributed by atoms with van der Waals surface area (Å²) in [5, 5.41) is 3.82. The van der Waals surface area contributed by atoms with Crippen LogP contribution in [0.2, 0.25) is 0 Å². The second-order valence-corrected chi connectivity index (χ2v) is 4.98. The van der Waals surface area contributed by atoms with Gasteiger partial charge in [0.2, 0.25) is 0 Å². The highest BCUT2D eigenvalue weighted by Crippen LogP contribution is 2.58. The number of carbonyl (C=O) groups excluding carboxylic acids is 1. The van der Waals surface area contributed by atoms with Gasteiger partial charge in [0.15, 0.2) is 0 Å². The molecule has 0 aliphatic heterocycles. The van der Waals surface area contributed by atoms with Gasteiger partial charge >= 0.3 is 6.03 Å². The molecule has 15 heavy (non-hydrogen) atoms. The average Bonchev–Trinajstić information content (AvgIpc) is 2.17. The topological polar surface area (TPSA) is 67.5 Å². The van der Waals surface area contributed by atoms with Crippen molar-refractivity contribution in [3.05, 3.63) is 11.6 Å². The quantitative estimate of drug-likeness (QED) is 0.524. The van der Waals surface area contributed by atoms with Crippen LogP contribution < -0.4 is 11.2 Å². The number of nitrogens with zero attached hydrogens (tertiary/aromatic N) is 1. The molecule has 2 amide bonds. The van der Waals surface area contributed by atoms with Crippen LogP contribution in [-0.2, 0) is 0 Å². The molecular weight excluding hydrogens is 190 g/mol. The van der Waals surface area contributed by atoms with Crippen molar-refractivity contribution < 1.29 is 4.79 Å². The van der Waals surface area contributed by atoms with Crippen molar-refractivity contribution in [2.45, 2.75) is 26.7 Å². The highest BCUT2D eigenvalue weighted by Gasteiger charge is 2.50. The summed E-state index contributed by atoms with van der Waals surface area (Å²) < 4.78 is 0. The van der Waals surface area contributed by atoms with Gasteiger partial charge in [-0.1, -0.05) is 19.9 Å². The Hall–Kier alpha value is -1.32. The molecule has 0 unspecified atom stereocenters. The van der Waals surface area contributed by atoms with Gasteiger partial charge in [-0.05, 0) is 35.7 Å². The summed E-state index contributed by atoms with van der Waals surface area (Å²) in [5.41, 5.74) is 8.77. The standard InChI is InChI=1S/C11H17N3O/c1-11(2)8-4-3-7(9(11)5-8)6-13-14-10(12)15/h3,6,8-9H,4-5H2,1-2H3,(H3,12,14,15)/t8-,9+/m0/s1. The summed E-state index contributed by atoms with van der Waals surface area (Å²) in [4.78, 5) is 10.4. The zero-order valence-electron chi connectivity index (χ0n) is 9.16. The van der Waals surface area contributed by atoms with Gasteiger partial charge in [-0.3, -0.25) is 0 Å². The minimum Gasteiger partial charge on any atom is -0.350 e. The maximum absolute atomic E-state index is 10.4. The first-order valence-electron chi connectivity index (χ1n) is 5.30. The van der Waals surface area contributed by atoms with E-state index in [0.717, 1.165) is 12.3 Å². The monoisotopic (exact) mass is 207 g/mol. The van der Waals surface area contributed by atoms with E-state index in [1.807, 2.05) is 0 Å². The molecule has 0 aromatic carbocycles. The van der Waals surface area contributed by atoms with E-state index < -0.39 is 6.03 Å². The van der Waals surface area contributed by atoms with Crippen LogP contribution in [0, 0.1) is 17.3 Å². The van der Waals surface area contributed by atoms with Gasteiger partial charge in [-0.2, -0.15) is 5.10 Å². The third-order valence-corrected chi connectivity index (χ3v) is 3.90. The molecule has 3 rings (SSSR count). The number of hydrogen-bond donors (Lipinski definition) is 2. The lowest BCUT2D eigenvalue weighted by Crippen LogP contribution is -2.48. The van der Waals surface area contributed by atoms with Crippen molar-refractivity contribution in [1.29, 1.82) is 0 Å². The Balaban J connectivity index is 2.02. The predicted molar refractivity (Wildman–Crippen MR) is 59.3 cm³/mol. The smallest absolute Gasteiger partial charge is 0.332 e.